The zero-order valence-electron chi connectivity index (χ0n) is 11.7. The van der Waals surface area contributed by atoms with E-state index in [0.29, 0.717) is 25.3 Å². The number of unbranched alkanes of at least 4 members (excludes halogenated alkanes) is 3. The van der Waals surface area contributed by atoms with E-state index in [1.165, 1.54) is 12.8 Å². The molecule has 19 heavy (non-hydrogen) atoms. The lowest BCUT2D eigenvalue weighted by atomic mass is 10.1. The summed E-state index contributed by atoms with van der Waals surface area (Å²) in [5.41, 5.74) is 6.29. The first-order valence-corrected chi connectivity index (χ1v) is 6.97. The summed E-state index contributed by atoms with van der Waals surface area (Å²) in [6, 6.07) is 7.23. The third-order valence-electron chi connectivity index (χ3n) is 2.83. The van der Waals surface area contributed by atoms with Crippen LogP contribution < -0.4 is 15.8 Å². The van der Waals surface area contributed by atoms with Gasteiger partial charge in [-0.2, -0.15) is 0 Å². The van der Waals surface area contributed by atoms with Gasteiger partial charge in [0.15, 0.2) is 0 Å². The third kappa shape index (κ3) is 7.34. The molecule has 106 valence electrons. The molecule has 1 aromatic carbocycles. The molecule has 0 aliphatic carbocycles. The molecule has 0 fully saturated rings. The summed E-state index contributed by atoms with van der Waals surface area (Å²) in [7, 11) is 0. The molecule has 4 heteroatoms. The number of hydrogen-bond acceptors (Lipinski definition) is 3. The van der Waals surface area contributed by atoms with E-state index in [-0.39, 0.29) is 5.91 Å². The van der Waals surface area contributed by atoms with Crippen LogP contribution in [0, 0.1) is 0 Å². The molecule has 0 atom stereocenters. The van der Waals surface area contributed by atoms with Gasteiger partial charge in [0.2, 0.25) is 5.91 Å². The van der Waals surface area contributed by atoms with Crippen molar-refractivity contribution in [2.75, 3.05) is 18.9 Å². The number of nitrogen functional groups attached to an aromatic ring is 1. The van der Waals surface area contributed by atoms with Crippen LogP contribution in [0.15, 0.2) is 24.3 Å². The number of benzene rings is 1. The fourth-order valence-electron chi connectivity index (χ4n) is 1.72. The zero-order chi connectivity index (χ0) is 13.9. The number of ether oxygens (including phenoxy) is 1. The van der Waals surface area contributed by atoms with E-state index in [2.05, 4.69) is 12.2 Å². The summed E-state index contributed by atoms with van der Waals surface area (Å²) in [4.78, 5) is 11.5. The SMILES string of the molecule is CCCCCCC(=O)NCCOc1ccc(N)cc1. The van der Waals surface area contributed by atoms with Gasteiger partial charge in [-0.15, -0.1) is 0 Å². The highest BCUT2D eigenvalue weighted by Crippen LogP contribution is 2.12. The highest BCUT2D eigenvalue weighted by molar-refractivity contribution is 5.75. The molecule has 0 aliphatic heterocycles. The van der Waals surface area contributed by atoms with Crippen LogP contribution in [-0.4, -0.2) is 19.1 Å². The number of amides is 1. The van der Waals surface area contributed by atoms with Crippen LogP contribution in [0.3, 0.4) is 0 Å². The second-order valence-corrected chi connectivity index (χ2v) is 4.58. The van der Waals surface area contributed by atoms with Gasteiger partial charge in [0.1, 0.15) is 12.4 Å². The Balaban J connectivity index is 2.03. The number of carbonyl (C=O) groups is 1. The van der Waals surface area contributed by atoms with Crippen molar-refractivity contribution < 1.29 is 9.53 Å². The van der Waals surface area contributed by atoms with Gasteiger partial charge >= 0.3 is 0 Å². The van der Waals surface area contributed by atoms with Gasteiger partial charge in [0, 0.05) is 12.1 Å². The second-order valence-electron chi connectivity index (χ2n) is 4.58. The Hall–Kier alpha value is -1.71. The lowest BCUT2D eigenvalue weighted by Gasteiger charge is -2.08. The molecule has 1 rings (SSSR count). The van der Waals surface area contributed by atoms with Gasteiger partial charge in [-0.1, -0.05) is 26.2 Å². The van der Waals surface area contributed by atoms with E-state index in [1.54, 1.807) is 12.1 Å². The molecule has 0 heterocycles. The van der Waals surface area contributed by atoms with Crippen molar-refractivity contribution in [3.63, 3.8) is 0 Å². The number of rotatable bonds is 9. The normalized spacial score (nSPS) is 10.2. The highest BCUT2D eigenvalue weighted by atomic mass is 16.5. The number of anilines is 1. The summed E-state index contributed by atoms with van der Waals surface area (Å²) in [6.07, 6.45) is 5.11. The monoisotopic (exact) mass is 264 g/mol. The Kier molecular flexibility index (Phi) is 7.47. The molecule has 0 aromatic heterocycles. The molecule has 1 amide bonds. The van der Waals surface area contributed by atoms with Crippen molar-refractivity contribution in [3.05, 3.63) is 24.3 Å². The van der Waals surface area contributed by atoms with Crippen LogP contribution in [0.2, 0.25) is 0 Å². The standard InChI is InChI=1S/C15H24N2O2/c1-2-3-4-5-6-15(18)17-11-12-19-14-9-7-13(16)8-10-14/h7-10H,2-6,11-12,16H2,1H3,(H,17,18). The van der Waals surface area contributed by atoms with E-state index in [1.807, 2.05) is 12.1 Å². The topological polar surface area (TPSA) is 64.3 Å². The fourth-order valence-corrected chi connectivity index (χ4v) is 1.72. The molecular weight excluding hydrogens is 240 g/mol. The Morgan fingerprint density at radius 3 is 2.63 bits per heavy atom. The zero-order valence-corrected chi connectivity index (χ0v) is 11.7. The second kappa shape index (κ2) is 9.25. The number of hydrogen-bond donors (Lipinski definition) is 2. The third-order valence-corrected chi connectivity index (χ3v) is 2.83. The molecule has 0 unspecified atom stereocenters. The maximum atomic E-state index is 11.5. The molecule has 4 nitrogen and oxygen atoms in total. The molecule has 0 saturated carbocycles. The molecule has 3 N–H and O–H groups in total. The Morgan fingerprint density at radius 2 is 1.95 bits per heavy atom. The molecule has 0 bridgehead atoms. The molecule has 0 radical (unpaired) electrons. The summed E-state index contributed by atoms with van der Waals surface area (Å²) in [5, 5.41) is 2.85. The Morgan fingerprint density at radius 1 is 1.21 bits per heavy atom. The Bertz CT molecular complexity index is 363. The van der Waals surface area contributed by atoms with Crippen LogP contribution >= 0.6 is 0 Å². The van der Waals surface area contributed by atoms with Gasteiger partial charge in [0.05, 0.1) is 6.54 Å². The summed E-state index contributed by atoms with van der Waals surface area (Å²) < 4.78 is 5.48. The molecule has 0 spiro atoms. The lowest BCUT2D eigenvalue weighted by molar-refractivity contribution is -0.121. The summed E-state index contributed by atoms with van der Waals surface area (Å²) in [6.45, 7) is 3.18. The van der Waals surface area contributed by atoms with E-state index in [4.69, 9.17) is 10.5 Å². The number of carbonyl (C=O) groups excluding carboxylic acids is 1. The van der Waals surface area contributed by atoms with Gasteiger partial charge < -0.3 is 15.8 Å². The average Bonchev–Trinajstić information content (AvgIpc) is 2.42. The van der Waals surface area contributed by atoms with E-state index >= 15 is 0 Å². The van der Waals surface area contributed by atoms with E-state index in [0.717, 1.165) is 18.6 Å². The van der Waals surface area contributed by atoms with Crippen molar-refractivity contribution in [2.45, 2.75) is 39.0 Å². The Labute approximate surface area is 115 Å². The smallest absolute Gasteiger partial charge is 0.220 e. The molecule has 0 aliphatic rings. The first-order valence-electron chi connectivity index (χ1n) is 6.97. The van der Waals surface area contributed by atoms with E-state index in [9.17, 15) is 4.79 Å². The maximum Gasteiger partial charge on any atom is 0.220 e. The molecule has 0 saturated heterocycles. The molecular formula is C15H24N2O2. The number of nitrogens with one attached hydrogen (secondary N) is 1. The minimum Gasteiger partial charge on any atom is -0.492 e. The van der Waals surface area contributed by atoms with Gasteiger partial charge in [-0.3, -0.25) is 4.79 Å². The lowest BCUT2D eigenvalue weighted by Crippen LogP contribution is -2.27. The van der Waals surface area contributed by atoms with Gasteiger partial charge in [-0.05, 0) is 30.7 Å². The minimum absolute atomic E-state index is 0.108. The first-order chi connectivity index (χ1) is 9.22. The highest BCUT2D eigenvalue weighted by Gasteiger charge is 2.00. The van der Waals surface area contributed by atoms with Crippen molar-refractivity contribution in [3.8, 4) is 5.75 Å². The average molecular weight is 264 g/mol. The predicted molar refractivity (Wildman–Crippen MR) is 78.1 cm³/mol. The van der Waals surface area contributed by atoms with Gasteiger partial charge in [-0.25, -0.2) is 0 Å². The first kappa shape index (κ1) is 15.3. The molecule has 1 aromatic rings. The van der Waals surface area contributed by atoms with Crippen molar-refractivity contribution in [1.82, 2.24) is 5.32 Å². The minimum atomic E-state index is 0.108. The van der Waals surface area contributed by atoms with Crippen molar-refractivity contribution in [2.24, 2.45) is 0 Å². The van der Waals surface area contributed by atoms with Crippen LogP contribution in [0.5, 0.6) is 5.75 Å². The predicted octanol–water partition coefficient (Wildman–Crippen LogP) is 2.73. The fraction of sp³-hybridized carbons (Fsp3) is 0.533. The van der Waals surface area contributed by atoms with Crippen LogP contribution in [0.4, 0.5) is 5.69 Å². The van der Waals surface area contributed by atoms with Crippen molar-refractivity contribution in [1.29, 1.82) is 0 Å². The van der Waals surface area contributed by atoms with Crippen LogP contribution in [0.25, 0.3) is 0 Å². The van der Waals surface area contributed by atoms with Crippen molar-refractivity contribution >= 4 is 11.6 Å². The van der Waals surface area contributed by atoms with E-state index < -0.39 is 0 Å². The van der Waals surface area contributed by atoms with Crippen LogP contribution in [-0.2, 0) is 4.79 Å². The summed E-state index contributed by atoms with van der Waals surface area (Å²) in [5.74, 6) is 0.878. The number of nitrogens with two attached hydrogens (primary N) is 1. The quantitative estimate of drug-likeness (QED) is 0.532. The van der Waals surface area contributed by atoms with Gasteiger partial charge in [0.25, 0.3) is 0 Å². The largest absolute Gasteiger partial charge is 0.492 e. The van der Waals surface area contributed by atoms with Crippen LogP contribution in [0.1, 0.15) is 39.0 Å². The summed E-state index contributed by atoms with van der Waals surface area (Å²) >= 11 is 0. The maximum absolute atomic E-state index is 11.5.